The molecule has 0 bridgehead atoms. The SMILES string of the molecule is Cc1nc(C(NC(=O)c2ccncc2)c2ccccc2F)no1. The number of amides is 1. The molecule has 0 fully saturated rings. The van der Waals surface area contributed by atoms with Crippen molar-refractivity contribution in [2.75, 3.05) is 0 Å². The van der Waals surface area contributed by atoms with Gasteiger partial charge in [-0.1, -0.05) is 23.4 Å². The first-order valence-corrected chi connectivity index (χ1v) is 6.90. The van der Waals surface area contributed by atoms with Crippen molar-refractivity contribution in [1.82, 2.24) is 20.4 Å². The number of carbonyl (C=O) groups excluding carboxylic acids is 1. The second-order valence-corrected chi connectivity index (χ2v) is 4.84. The molecule has 0 aliphatic heterocycles. The molecule has 1 unspecified atom stereocenters. The summed E-state index contributed by atoms with van der Waals surface area (Å²) in [5.74, 6) is -0.326. The van der Waals surface area contributed by atoms with Gasteiger partial charge in [-0.25, -0.2) is 4.39 Å². The number of rotatable bonds is 4. The van der Waals surface area contributed by atoms with Crippen LogP contribution in [-0.2, 0) is 0 Å². The van der Waals surface area contributed by atoms with Crippen molar-refractivity contribution in [2.24, 2.45) is 0 Å². The van der Waals surface area contributed by atoms with Crippen LogP contribution in [0.1, 0.15) is 33.7 Å². The minimum atomic E-state index is -0.852. The van der Waals surface area contributed by atoms with Gasteiger partial charge in [0.25, 0.3) is 5.91 Å². The predicted molar refractivity (Wildman–Crippen MR) is 79.0 cm³/mol. The Morgan fingerprint density at radius 1 is 1.22 bits per heavy atom. The van der Waals surface area contributed by atoms with Gasteiger partial charge < -0.3 is 9.84 Å². The van der Waals surface area contributed by atoms with E-state index in [4.69, 9.17) is 4.52 Å². The number of nitrogens with one attached hydrogen (secondary N) is 1. The molecule has 0 spiro atoms. The van der Waals surface area contributed by atoms with Crippen molar-refractivity contribution in [3.05, 3.63) is 77.5 Å². The monoisotopic (exact) mass is 312 g/mol. The third-order valence-corrected chi connectivity index (χ3v) is 3.24. The van der Waals surface area contributed by atoms with Crippen molar-refractivity contribution < 1.29 is 13.7 Å². The molecule has 1 aromatic carbocycles. The molecule has 2 heterocycles. The number of benzene rings is 1. The van der Waals surface area contributed by atoms with E-state index < -0.39 is 11.9 Å². The molecule has 2 aromatic heterocycles. The van der Waals surface area contributed by atoms with Gasteiger partial charge in [-0.05, 0) is 18.2 Å². The first-order valence-electron chi connectivity index (χ1n) is 6.90. The Balaban J connectivity index is 1.96. The summed E-state index contributed by atoms with van der Waals surface area (Å²) in [5, 5.41) is 6.53. The number of pyridine rings is 1. The average molecular weight is 312 g/mol. The van der Waals surface area contributed by atoms with Gasteiger partial charge in [0, 0.05) is 30.4 Å². The van der Waals surface area contributed by atoms with Gasteiger partial charge >= 0.3 is 0 Å². The molecule has 0 saturated carbocycles. The molecule has 116 valence electrons. The van der Waals surface area contributed by atoms with Gasteiger partial charge in [-0.2, -0.15) is 4.98 Å². The fourth-order valence-corrected chi connectivity index (χ4v) is 2.14. The van der Waals surface area contributed by atoms with Gasteiger partial charge in [0.2, 0.25) is 5.89 Å². The summed E-state index contributed by atoms with van der Waals surface area (Å²) in [4.78, 5) is 20.3. The summed E-state index contributed by atoms with van der Waals surface area (Å²) in [6, 6.07) is 8.41. The fraction of sp³-hybridized carbons (Fsp3) is 0.125. The van der Waals surface area contributed by atoms with Crippen molar-refractivity contribution in [3.8, 4) is 0 Å². The molecule has 3 rings (SSSR count). The number of aromatic nitrogens is 3. The van der Waals surface area contributed by atoms with Crippen molar-refractivity contribution >= 4 is 5.91 Å². The molecular formula is C16H13FN4O2. The van der Waals surface area contributed by atoms with E-state index in [1.165, 1.54) is 18.5 Å². The number of aryl methyl sites for hydroxylation is 1. The van der Waals surface area contributed by atoms with Crippen LogP contribution in [0.2, 0.25) is 0 Å². The maximum atomic E-state index is 14.1. The van der Waals surface area contributed by atoms with Crippen LogP contribution in [0.4, 0.5) is 4.39 Å². The summed E-state index contributed by atoms with van der Waals surface area (Å²) >= 11 is 0. The zero-order valence-electron chi connectivity index (χ0n) is 12.2. The lowest BCUT2D eigenvalue weighted by atomic mass is 10.0. The average Bonchev–Trinajstić information content (AvgIpc) is 3.00. The second-order valence-electron chi connectivity index (χ2n) is 4.84. The summed E-state index contributed by atoms with van der Waals surface area (Å²) < 4.78 is 19.1. The van der Waals surface area contributed by atoms with Crippen LogP contribution in [0, 0.1) is 12.7 Å². The Morgan fingerprint density at radius 3 is 2.61 bits per heavy atom. The molecule has 0 aliphatic carbocycles. The van der Waals surface area contributed by atoms with Crippen molar-refractivity contribution in [1.29, 1.82) is 0 Å². The molecule has 6 nitrogen and oxygen atoms in total. The highest BCUT2D eigenvalue weighted by atomic mass is 19.1. The molecule has 1 atom stereocenters. The third kappa shape index (κ3) is 3.23. The zero-order chi connectivity index (χ0) is 16.2. The van der Waals surface area contributed by atoms with E-state index in [2.05, 4.69) is 20.4 Å². The van der Waals surface area contributed by atoms with Gasteiger partial charge in [0.1, 0.15) is 11.9 Å². The quantitative estimate of drug-likeness (QED) is 0.800. The normalized spacial score (nSPS) is 11.9. The minimum absolute atomic E-state index is 0.190. The fourth-order valence-electron chi connectivity index (χ4n) is 2.14. The topological polar surface area (TPSA) is 80.9 Å². The lowest BCUT2D eigenvalue weighted by Crippen LogP contribution is -2.30. The number of hydrogen-bond donors (Lipinski definition) is 1. The number of nitrogens with zero attached hydrogens (tertiary/aromatic N) is 3. The molecule has 1 amide bonds. The molecule has 0 radical (unpaired) electrons. The van der Waals surface area contributed by atoms with E-state index in [-0.39, 0.29) is 17.3 Å². The van der Waals surface area contributed by atoms with Crippen LogP contribution in [0.25, 0.3) is 0 Å². The first kappa shape index (κ1) is 14.8. The molecule has 0 aliphatic rings. The van der Waals surface area contributed by atoms with Crippen LogP contribution in [0.3, 0.4) is 0 Å². The van der Waals surface area contributed by atoms with E-state index in [0.717, 1.165) is 0 Å². The van der Waals surface area contributed by atoms with E-state index in [1.807, 2.05) is 0 Å². The van der Waals surface area contributed by atoms with Crippen molar-refractivity contribution in [2.45, 2.75) is 13.0 Å². The second kappa shape index (κ2) is 6.35. The Kier molecular flexibility index (Phi) is 4.09. The maximum Gasteiger partial charge on any atom is 0.252 e. The molecule has 0 saturated heterocycles. The van der Waals surface area contributed by atoms with Crippen molar-refractivity contribution in [3.63, 3.8) is 0 Å². The van der Waals surface area contributed by atoms with Gasteiger partial charge in [-0.3, -0.25) is 9.78 Å². The first-order chi connectivity index (χ1) is 11.1. The van der Waals surface area contributed by atoms with Gasteiger partial charge in [0.15, 0.2) is 5.82 Å². The molecule has 3 aromatic rings. The standard InChI is InChI=1S/C16H13FN4O2/c1-10-19-15(21-23-10)14(12-4-2-3-5-13(12)17)20-16(22)11-6-8-18-9-7-11/h2-9,14H,1H3,(H,20,22). The molecule has 23 heavy (non-hydrogen) atoms. The zero-order valence-corrected chi connectivity index (χ0v) is 12.2. The van der Waals surface area contributed by atoms with Crippen LogP contribution >= 0.6 is 0 Å². The molecular weight excluding hydrogens is 299 g/mol. The van der Waals surface area contributed by atoms with Crippen LogP contribution in [0.5, 0.6) is 0 Å². The third-order valence-electron chi connectivity index (χ3n) is 3.24. The van der Waals surface area contributed by atoms with E-state index in [9.17, 15) is 9.18 Å². The Bertz CT molecular complexity index is 820. The highest BCUT2D eigenvalue weighted by molar-refractivity contribution is 5.94. The van der Waals surface area contributed by atoms with E-state index in [1.54, 1.807) is 37.3 Å². The Labute approximate surface area is 131 Å². The van der Waals surface area contributed by atoms with Crippen LogP contribution in [-0.4, -0.2) is 21.0 Å². The number of hydrogen-bond acceptors (Lipinski definition) is 5. The minimum Gasteiger partial charge on any atom is -0.340 e. The highest BCUT2D eigenvalue weighted by Crippen LogP contribution is 2.23. The summed E-state index contributed by atoms with van der Waals surface area (Å²) in [7, 11) is 0. The number of halogens is 1. The largest absolute Gasteiger partial charge is 0.340 e. The summed E-state index contributed by atoms with van der Waals surface area (Å²) in [6.45, 7) is 1.62. The van der Waals surface area contributed by atoms with Crippen LogP contribution < -0.4 is 5.32 Å². The summed E-state index contributed by atoms with van der Waals surface area (Å²) in [6.07, 6.45) is 3.01. The smallest absolute Gasteiger partial charge is 0.252 e. The van der Waals surface area contributed by atoms with Crippen LogP contribution in [0.15, 0.2) is 53.3 Å². The van der Waals surface area contributed by atoms with Gasteiger partial charge in [-0.15, -0.1) is 0 Å². The Hall–Kier alpha value is -3.09. The summed E-state index contributed by atoms with van der Waals surface area (Å²) in [5.41, 5.74) is 0.664. The predicted octanol–water partition coefficient (Wildman–Crippen LogP) is 2.43. The van der Waals surface area contributed by atoms with E-state index in [0.29, 0.717) is 11.5 Å². The number of carbonyl (C=O) groups is 1. The van der Waals surface area contributed by atoms with Gasteiger partial charge in [0.05, 0.1) is 0 Å². The van der Waals surface area contributed by atoms with E-state index >= 15 is 0 Å². The lowest BCUT2D eigenvalue weighted by Gasteiger charge is -2.16. The maximum absolute atomic E-state index is 14.1. The molecule has 1 N–H and O–H groups in total. The lowest BCUT2D eigenvalue weighted by molar-refractivity contribution is 0.0940. The highest BCUT2D eigenvalue weighted by Gasteiger charge is 2.25. The Morgan fingerprint density at radius 2 is 1.96 bits per heavy atom. The molecule has 7 heteroatoms.